The molecule has 0 aromatic heterocycles. The summed E-state index contributed by atoms with van der Waals surface area (Å²) in [6.07, 6.45) is 20.0. The number of esters is 1. The molecule has 4 nitrogen and oxygen atoms in total. The number of ether oxygens (including phenoxy) is 1. The van der Waals surface area contributed by atoms with Crippen molar-refractivity contribution in [3.05, 3.63) is 0 Å². The van der Waals surface area contributed by atoms with Crippen molar-refractivity contribution >= 4 is 11.9 Å². The number of carbonyl (C=O) groups is 2. The van der Waals surface area contributed by atoms with Crippen molar-refractivity contribution < 1.29 is 19.4 Å². The van der Waals surface area contributed by atoms with E-state index >= 15 is 0 Å². The van der Waals surface area contributed by atoms with Crippen LogP contribution in [0.25, 0.3) is 0 Å². The fourth-order valence-electron chi connectivity index (χ4n) is 2.73. The molecule has 0 radical (unpaired) electrons. The fraction of sp³-hybridized carbons (Fsp3) is 0.909. The number of unbranched alkanes of at least 4 members (excludes halogenated alkanes) is 13. The first-order valence-electron chi connectivity index (χ1n) is 10.9. The van der Waals surface area contributed by atoms with E-state index in [-0.39, 0.29) is 5.97 Å². The van der Waals surface area contributed by atoms with Crippen LogP contribution in [0, 0.1) is 0 Å². The highest BCUT2D eigenvalue weighted by molar-refractivity contribution is 5.66. The van der Waals surface area contributed by atoms with Crippen LogP contribution in [0.15, 0.2) is 0 Å². The molecule has 0 aromatic rings. The Bertz CT molecular complexity index is 303. The smallest absolute Gasteiger partial charge is 0.303 e. The fourth-order valence-corrected chi connectivity index (χ4v) is 2.73. The minimum Gasteiger partial charge on any atom is -0.481 e. The maximum Gasteiger partial charge on any atom is 0.303 e. The van der Waals surface area contributed by atoms with Crippen LogP contribution < -0.4 is 0 Å². The van der Waals surface area contributed by atoms with Crippen molar-refractivity contribution in [2.75, 3.05) is 6.61 Å². The maximum atomic E-state index is 10.6. The second-order valence-corrected chi connectivity index (χ2v) is 7.08. The lowest BCUT2D eigenvalue weighted by Crippen LogP contribution is -2.00. The molecular formula is C22H44O4. The van der Waals surface area contributed by atoms with Gasteiger partial charge in [0.05, 0.1) is 6.61 Å². The van der Waals surface area contributed by atoms with Gasteiger partial charge in [-0.1, -0.05) is 97.3 Å². The summed E-state index contributed by atoms with van der Waals surface area (Å²) in [5.74, 6) is -0.864. The molecule has 0 rings (SSSR count). The first kappa shape index (κ1) is 27.2. The average molecular weight is 373 g/mol. The Labute approximate surface area is 162 Å². The Kier molecular flexibility index (Phi) is 25.0. The zero-order chi connectivity index (χ0) is 19.9. The lowest BCUT2D eigenvalue weighted by molar-refractivity contribution is -0.141. The highest BCUT2D eigenvalue weighted by Crippen LogP contribution is 2.12. The zero-order valence-electron chi connectivity index (χ0n) is 17.7. The summed E-state index contributed by atoms with van der Waals surface area (Å²) in [6, 6.07) is 0. The molecule has 0 aliphatic heterocycles. The van der Waals surface area contributed by atoms with E-state index in [0.717, 1.165) is 12.8 Å². The lowest BCUT2D eigenvalue weighted by atomic mass is 10.0. The lowest BCUT2D eigenvalue weighted by Gasteiger charge is -2.03. The largest absolute Gasteiger partial charge is 0.481 e. The van der Waals surface area contributed by atoms with Gasteiger partial charge in [0.25, 0.3) is 0 Å². The van der Waals surface area contributed by atoms with Crippen LogP contribution in [0.1, 0.15) is 124 Å². The van der Waals surface area contributed by atoms with Crippen LogP contribution in [0.3, 0.4) is 0 Å². The Hall–Kier alpha value is -1.06. The summed E-state index contributed by atoms with van der Waals surface area (Å²) in [6.45, 7) is 6.20. The molecule has 1 N–H and O–H groups in total. The standard InChI is InChI=1S/C18H36O2.C4H8O2/c1-3-4-5-6-7-8-9-10-11-12-13-14-15-16-17-20-18(2)19;1-2-3-4(5)6/h3-17H2,1-2H3;2-3H2,1H3,(H,5,6). The SMILES string of the molecule is CCCC(=O)O.CCCCCCCCCCCCCCCCOC(C)=O. The normalized spacial score (nSPS) is 10.1. The third kappa shape index (κ3) is 30.8. The summed E-state index contributed by atoms with van der Waals surface area (Å²) in [7, 11) is 0. The molecule has 0 saturated heterocycles. The number of carboxylic acid groups (broad SMARTS) is 1. The van der Waals surface area contributed by atoms with Crippen LogP contribution >= 0.6 is 0 Å². The van der Waals surface area contributed by atoms with Crippen LogP contribution in [-0.4, -0.2) is 23.7 Å². The van der Waals surface area contributed by atoms with E-state index in [1.807, 2.05) is 6.92 Å². The van der Waals surface area contributed by atoms with E-state index in [0.29, 0.717) is 13.0 Å². The van der Waals surface area contributed by atoms with Gasteiger partial charge in [-0.15, -0.1) is 0 Å². The molecule has 0 aliphatic carbocycles. The number of carboxylic acids is 1. The molecule has 0 unspecified atom stereocenters. The second kappa shape index (κ2) is 23.9. The van der Waals surface area contributed by atoms with Crippen molar-refractivity contribution in [1.82, 2.24) is 0 Å². The van der Waals surface area contributed by atoms with E-state index in [1.54, 1.807) is 0 Å². The second-order valence-electron chi connectivity index (χ2n) is 7.08. The quantitative estimate of drug-likeness (QED) is 0.223. The molecule has 0 fully saturated rings. The predicted octanol–water partition coefficient (Wildman–Crippen LogP) is 6.90. The highest BCUT2D eigenvalue weighted by atomic mass is 16.5. The van der Waals surface area contributed by atoms with Gasteiger partial charge in [0.15, 0.2) is 0 Å². The molecule has 26 heavy (non-hydrogen) atoms. The molecule has 0 heterocycles. The van der Waals surface area contributed by atoms with Gasteiger partial charge >= 0.3 is 11.9 Å². The first-order chi connectivity index (χ1) is 12.5. The van der Waals surface area contributed by atoms with Gasteiger partial charge in [-0.3, -0.25) is 9.59 Å². The maximum absolute atomic E-state index is 10.6. The Morgan fingerprint density at radius 1 is 0.654 bits per heavy atom. The minimum absolute atomic E-state index is 0.153. The Balaban J connectivity index is 0. The van der Waals surface area contributed by atoms with Gasteiger partial charge in [0.2, 0.25) is 0 Å². The molecule has 0 saturated carbocycles. The van der Waals surface area contributed by atoms with Crippen molar-refractivity contribution in [2.45, 2.75) is 124 Å². The summed E-state index contributed by atoms with van der Waals surface area (Å²) in [4.78, 5) is 20.2. The van der Waals surface area contributed by atoms with Crippen LogP contribution in [0.5, 0.6) is 0 Å². The van der Waals surface area contributed by atoms with Crippen LogP contribution in [0.4, 0.5) is 0 Å². The topological polar surface area (TPSA) is 63.6 Å². The Morgan fingerprint density at radius 2 is 1.04 bits per heavy atom. The van der Waals surface area contributed by atoms with E-state index in [2.05, 4.69) is 6.92 Å². The number of hydrogen-bond acceptors (Lipinski definition) is 3. The first-order valence-corrected chi connectivity index (χ1v) is 10.9. The van der Waals surface area contributed by atoms with Gasteiger partial charge in [-0.2, -0.15) is 0 Å². The number of rotatable bonds is 17. The number of hydrogen-bond donors (Lipinski definition) is 1. The predicted molar refractivity (Wildman–Crippen MR) is 109 cm³/mol. The molecule has 0 atom stereocenters. The molecule has 156 valence electrons. The van der Waals surface area contributed by atoms with Crippen LogP contribution in [-0.2, 0) is 14.3 Å². The summed E-state index contributed by atoms with van der Waals surface area (Å²) in [5, 5.41) is 7.91. The van der Waals surface area contributed by atoms with Gasteiger partial charge < -0.3 is 9.84 Å². The van der Waals surface area contributed by atoms with Crippen molar-refractivity contribution in [3.8, 4) is 0 Å². The van der Waals surface area contributed by atoms with Crippen molar-refractivity contribution in [1.29, 1.82) is 0 Å². The number of carbonyl (C=O) groups excluding carboxylic acids is 1. The van der Waals surface area contributed by atoms with Crippen molar-refractivity contribution in [3.63, 3.8) is 0 Å². The van der Waals surface area contributed by atoms with E-state index in [1.165, 1.54) is 90.4 Å². The highest BCUT2D eigenvalue weighted by Gasteiger charge is 1.95. The Morgan fingerprint density at radius 3 is 1.31 bits per heavy atom. The molecular weight excluding hydrogens is 328 g/mol. The zero-order valence-corrected chi connectivity index (χ0v) is 17.7. The summed E-state index contributed by atoms with van der Waals surface area (Å²) >= 11 is 0. The van der Waals surface area contributed by atoms with Gasteiger partial charge in [-0.25, -0.2) is 0 Å². The van der Waals surface area contributed by atoms with E-state index in [4.69, 9.17) is 9.84 Å². The molecule has 0 spiro atoms. The monoisotopic (exact) mass is 372 g/mol. The summed E-state index contributed by atoms with van der Waals surface area (Å²) < 4.78 is 4.91. The third-order valence-electron chi connectivity index (χ3n) is 4.27. The molecule has 4 heteroatoms. The van der Waals surface area contributed by atoms with Gasteiger partial charge in [0.1, 0.15) is 0 Å². The van der Waals surface area contributed by atoms with Crippen molar-refractivity contribution in [2.24, 2.45) is 0 Å². The van der Waals surface area contributed by atoms with E-state index in [9.17, 15) is 9.59 Å². The van der Waals surface area contributed by atoms with Gasteiger partial charge in [-0.05, 0) is 12.8 Å². The third-order valence-corrected chi connectivity index (χ3v) is 4.27. The van der Waals surface area contributed by atoms with Gasteiger partial charge in [0, 0.05) is 13.3 Å². The molecule has 0 aromatic carbocycles. The average Bonchev–Trinajstić information content (AvgIpc) is 2.58. The van der Waals surface area contributed by atoms with E-state index < -0.39 is 5.97 Å². The number of aliphatic carboxylic acids is 1. The molecule has 0 amide bonds. The summed E-state index contributed by atoms with van der Waals surface area (Å²) in [5.41, 5.74) is 0. The minimum atomic E-state index is -0.711. The van der Waals surface area contributed by atoms with Crippen LogP contribution in [0.2, 0.25) is 0 Å². The molecule has 0 bridgehead atoms. The molecule has 0 aliphatic rings.